The fourth-order valence-corrected chi connectivity index (χ4v) is 2.40. The molecule has 0 aliphatic rings. The normalized spacial score (nSPS) is 11.6. The Bertz CT molecular complexity index is 473. The van der Waals surface area contributed by atoms with Gasteiger partial charge in [-0.1, -0.05) is 0 Å². The van der Waals surface area contributed by atoms with Crippen LogP contribution in [0.25, 0.3) is 0 Å². The summed E-state index contributed by atoms with van der Waals surface area (Å²) < 4.78 is 26.9. The van der Waals surface area contributed by atoms with Crippen molar-refractivity contribution in [3.8, 4) is 0 Å². The molecule has 0 unspecified atom stereocenters. The molecule has 0 saturated carbocycles. The average Bonchev–Trinajstić information content (AvgIpc) is 2.45. The third kappa shape index (κ3) is 2.70. The number of sulfonamides is 1. The molecular weight excluding hydrogens is 234 g/mol. The first kappa shape index (κ1) is 12.5. The summed E-state index contributed by atoms with van der Waals surface area (Å²) in [7, 11) is -2.25. The highest BCUT2D eigenvalue weighted by atomic mass is 32.2. The minimum absolute atomic E-state index is 0.0672. The summed E-state index contributed by atoms with van der Waals surface area (Å²) in [5, 5.41) is -0.128. The molecule has 0 bridgehead atoms. The molecule has 1 rings (SSSR count). The van der Waals surface area contributed by atoms with Crippen LogP contribution in [0.2, 0.25) is 0 Å². The molecule has 1 aromatic heterocycles. The lowest BCUT2D eigenvalue weighted by Gasteiger charge is -2.06. The zero-order valence-corrected chi connectivity index (χ0v) is 9.49. The third-order valence-electron chi connectivity index (χ3n) is 1.83. The fraction of sp³-hybridized carbons (Fsp3) is 0.429. The van der Waals surface area contributed by atoms with E-state index in [2.05, 4.69) is 9.71 Å². The molecule has 5 N–H and O–H groups in total. The number of amides is 1. The number of nitrogens with one attached hydrogen (secondary N) is 1. The van der Waals surface area contributed by atoms with Gasteiger partial charge in [-0.15, -0.1) is 0 Å². The number of hydrogen-bond donors (Lipinski definition) is 3. The molecule has 0 fully saturated rings. The van der Waals surface area contributed by atoms with E-state index in [1.165, 1.54) is 17.9 Å². The first-order chi connectivity index (χ1) is 7.34. The summed E-state index contributed by atoms with van der Waals surface area (Å²) >= 11 is 0. The highest BCUT2D eigenvalue weighted by Crippen LogP contribution is 2.14. The van der Waals surface area contributed by atoms with Gasteiger partial charge in [0.05, 0.1) is 6.33 Å². The first-order valence-corrected chi connectivity index (χ1v) is 5.87. The van der Waals surface area contributed by atoms with E-state index < -0.39 is 15.9 Å². The number of aryl methyl sites for hydroxylation is 1. The van der Waals surface area contributed by atoms with Crippen LogP contribution in [0.3, 0.4) is 0 Å². The van der Waals surface area contributed by atoms with Crippen molar-refractivity contribution >= 4 is 21.7 Å². The van der Waals surface area contributed by atoms with Crippen LogP contribution in [-0.2, 0) is 21.9 Å². The van der Waals surface area contributed by atoms with Gasteiger partial charge in [-0.3, -0.25) is 4.79 Å². The number of aromatic nitrogens is 2. The Hall–Kier alpha value is -1.61. The number of carbonyl (C=O) groups is 1. The SMILES string of the molecule is Cn1cnc(N)c1S(=O)(=O)NCCC(N)=O. The Labute approximate surface area is 92.7 Å². The zero-order valence-electron chi connectivity index (χ0n) is 8.67. The molecule has 0 aliphatic heterocycles. The van der Waals surface area contributed by atoms with Crippen molar-refractivity contribution in [3.05, 3.63) is 6.33 Å². The number of anilines is 1. The summed E-state index contributed by atoms with van der Waals surface area (Å²) in [6.07, 6.45) is 1.22. The number of hydrogen-bond acceptors (Lipinski definition) is 5. The lowest BCUT2D eigenvalue weighted by Crippen LogP contribution is -2.29. The molecular formula is C7H13N5O3S. The van der Waals surface area contributed by atoms with E-state index in [-0.39, 0.29) is 23.8 Å². The van der Waals surface area contributed by atoms with Gasteiger partial charge in [0.25, 0.3) is 10.0 Å². The molecule has 1 amide bonds. The van der Waals surface area contributed by atoms with Gasteiger partial charge in [0.2, 0.25) is 5.91 Å². The van der Waals surface area contributed by atoms with Gasteiger partial charge in [0, 0.05) is 20.0 Å². The largest absolute Gasteiger partial charge is 0.381 e. The van der Waals surface area contributed by atoms with Crippen LogP contribution in [0.1, 0.15) is 6.42 Å². The second kappa shape index (κ2) is 4.49. The van der Waals surface area contributed by atoms with Gasteiger partial charge in [-0.2, -0.15) is 0 Å². The van der Waals surface area contributed by atoms with E-state index in [1.54, 1.807) is 0 Å². The van der Waals surface area contributed by atoms with E-state index in [1.807, 2.05) is 0 Å². The van der Waals surface area contributed by atoms with Crippen LogP contribution in [0.15, 0.2) is 11.4 Å². The van der Waals surface area contributed by atoms with Gasteiger partial charge in [0.1, 0.15) is 0 Å². The predicted octanol–water partition coefficient (Wildman–Crippen LogP) is -1.84. The Morgan fingerprint density at radius 1 is 1.62 bits per heavy atom. The molecule has 0 aliphatic carbocycles. The second-order valence-corrected chi connectivity index (χ2v) is 4.84. The van der Waals surface area contributed by atoms with E-state index in [9.17, 15) is 13.2 Å². The molecule has 16 heavy (non-hydrogen) atoms. The van der Waals surface area contributed by atoms with Crippen molar-refractivity contribution in [2.75, 3.05) is 12.3 Å². The molecule has 0 aromatic carbocycles. The Kier molecular flexibility index (Phi) is 3.50. The smallest absolute Gasteiger partial charge is 0.260 e. The molecule has 0 spiro atoms. The van der Waals surface area contributed by atoms with Crippen molar-refractivity contribution in [2.45, 2.75) is 11.4 Å². The number of imidazole rings is 1. The number of primary amides is 1. The lowest BCUT2D eigenvalue weighted by molar-refractivity contribution is -0.117. The van der Waals surface area contributed by atoms with E-state index in [0.29, 0.717) is 0 Å². The van der Waals surface area contributed by atoms with Gasteiger partial charge < -0.3 is 16.0 Å². The van der Waals surface area contributed by atoms with Crippen molar-refractivity contribution in [1.82, 2.24) is 14.3 Å². The second-order valence-electron chi connectivity index (χ2n) is 3.16. The van der Waals surface area contributed by atoms with Crippen molar-refractivity contribution < 1.29 is 13.2 Å². The number of carbonyl (C=O) groups excluding carboxylic acids is 1. The Morgan fingerprint density at radius 2 is 2.25 bits per heavy atom. The third-order valence-corrected chi connectivity index (χ3v) is 3.42. The van der Waals surface area contributed by atoms with E-state index in [4.69, 9.17) is 11.5 Å². The average molecular weight is 247 g/mol. The maximum absolute atomic E-state index is 11.7. The lowest BCUT2D eigenvalue weighted by atomic mass is 10.4. The number of nitrogens with zero attached hydrogens (tertiary/aromatic N) is 2. The van der Waals surface area contributed by atoms with Gasteiger partial charge in [0.15, 0.2) is 10.8 Å². The topological polar surface area (TPSA) is 133 Å². The molecule has 0 saturated heterocycles. The van der Waals surface area contributed by atoms with Crippen molar-refractivity contribution in [3.63, 3.8) is 0 Å². The molecule has 0 atom stereocenters. The maximum atomic E-state index is 11.7. The van der Waals surface area contributed by atoms with Crippen LogP contribution in [-0.4, -0.2) is 30.4 Å². The summed E-state index contributed by atoms with van der Waals surface area (Å²) in [4.78, 5) is 14.1. The molecule has 8 nitrogen and oxygen atoms in total. The van der Waals surface area contributed by atoms with Crippen LogP contribution in [0.5, 0.6) is 0 Å². The summed E-state index contributed by atoms with van der Waals surface area (Å²) in [5.74, 6) is -0.672. The Balaban J connectivity index is 2.83. The monoisotopic (exact) mass is 247 g/mol. The van der Waals surface area contributed by atoms with Crippen LogP contribution >= 0.6 is 0 Å². The molecule has 0 radical (unpaired) electrons. The van der Waals surface area contributed by atoms with E-state index in [0.717, 1.165) is 0 Å². The predicted molar refractivity (Wildman–Crippen MR) is 56.6 cm³/mol. The van der Waals surface area contributed by atoms with Crippen molar-refractivity contribution in [1.29, 1.82) is 0 Å². The van der Waals surface area contributed by atoms with Crippen molar-refractivity contribution in [2.24, 2.45) is 12.8 Å². The number of rotatable bonds is 5. The highest BCUT2D eigenvalue weighted by Gasteiger charge is 2.21. The highest BCUT2D eigenvalue weighted by molar-refractivity contribution is 7.89. The van der Waals surface area contributed by atoms with Crippen LogP contribution in [0, 0.1) is 0 Å². The quantitative estimate of drug-likeness (QED) is 0.562. The summed E-state index contributed by atoms with van der Waals surface area (Å²) in [5.41, 5.74) is 10.3. The maximum Gasteiger partial charge on any atom is 0.260 e. The fourth-order valence-electron chi connectivity index (χ4n) is 1.14. The van der Waals surface area contributed by atoms with Gasteiger partial charge >= 0.3 is 0 Å². The molecule has 1 heterocycles. The number of nitrogen functional groups attached to an aromatic ring is 1. The summed E-state index contributed by atoms with van der Waals surface area (Å²) in [6, 6.07) is 0. The minimum Gasteiger partial charge on any atom is -0.381 e. The van der Waals surface area contributed by atoms with E-state index >= 15 is 0 Å². The van der Waals surface area contributed by atoms with Crippen LogP contribution < -0.4 is 16.2 Å². The first-order valence-electron chi connectivity index (χ1n) is 4.39. The Morgan fingerprint density at radius 3 is 2.69 bits per heavy atom. The summed E-state index contributed by atoms with van der Waals surface area (Å²) in [6.45, 7) is -0.0672. The standard InChI is InChI=1S/C7H13N5O3S/c1-12-4-10-6(9)7(12)16(14,15)11-3-2-5(8)13/h4,11H,2-3,9H2,1H3,(H2,8,13). The molecule has 9 heteroatoms. The van der Waals surface area contributed by atoms with Gasteiger partial charge in [-0.25, -0.2) is 18.1 Å². The molecule has 1 aromatic rings. The molecule has 90 valence electrons. The zero-order chi connectivity index (χ0) is 12.3. The van der Waals surface area contributed by atoms with Crippen LogP contribution in [0.4, 0.5) is 5.82 Å². The van der Waals surface area contributed by atoms with Gasteiger partial charge in [-0.05, 0) is 0 Å². The number of nitrogens with two attached hydrogens (primary N) is 2. The minimum atomic E-state index is -3.76.